The zero-order chi connectivity index (χ0) is 12.8. The molecule has 2 N–H and O–H groups in total. The van der Waals surface area contributed by atoms with E-state index in [4.69, 9.17) is 17.3 Å². The minimum atomic E-state index is 0.546. The molecule has 0 fully saturated rings. The van der Waals surface area contributed by atoms with Crippen LogP contribution in [0.5, 0.6) is 0 Å². The monoisotopic (exact) mass is 255 g/mol. The highest BCUT2D eigenvalue weighted by Crippen LogP contribution is 2.23. The molecule has 0 amide bonds. The third-order valence-corrected chi connectivity index (χ3v) is 3.01. The summed E-state index contributed by atoms with van der Waals surface area (Å²) in [5.41, 5.74) is 8.02. The van der Waals surface area contributed by atoms with Crippen molar-refractivity contribution in [2.45, 2.75) is 13.0 Å². The lowest BCUT2D eigenvalue weighted by molar-refractivity contribution is 0.401. The molecule has 0 aliphatic rings. The van der Waals surface area contributed by atoms with Crippen LogP contribution in [0.2, 0.25) is 5.02 Å². The minimum Gasteiger partial charge on any atom is -0.374 e. The second-order valence-electron chi connectivity index (χ2n) is 4.56. The molecule has 0 heterocycles. The van der Waals surface area contributed by atoms with E-state index in [9.17, 15) is 0 Å². The largest absolute Gasteiger partial charge is 0.374 e. The molecule has 96 valence electrons. The Balaban J connectivity index is 2.66. The number of halogens is 1. The number of nitrogens with two attached hydrogens (primary N) is 1. The average molecular weight is 256 g/mol. The lowest BCUT2D eigenvalue weighted by Crippen LogP contribution is -2.24. The molecule has 0 unspecified atom stereocenters. The van der Waals surface area contributed by atoms with E-state index in [1.807, 2.05) is 18.2 Å². The number of anilines is 1. The van der Waals surface area contributed by atoms with Crippen LogP contribution >= 0.6 is 11.6 Å². The summed E-state index contributed by atoms with van der Waals surface area (Å²) in [6.07, 6.45) is 1.13. The quantitative estimate of drug-likeness (QED) is 0.846. The summed E-state index contributed by atoms with van der Waals surface area (Å²) in [5, 5.41) is 0.761. The average Bonchev–Trinajstić information content (AvgIpc) is 2.28. The second-order valence-corrected chi connectivity index (χ2v) is 4.99. The van der Waals surface area contributed by atoms with Crippen molar-refractivity contribution in [3.63, 3.8) is 0 Å². The van der Waals surface area contributed by atoms with Gasteiger partial charge in [-0.2, -0.15) is 0 Å². The van der Waals surface area contributed by atoms with Gasteiger partial charge in [-0.1, -0.05) is 17.7 Å². The van der Waals surface area contributed by atoms with E-state index in [0.717, 1.165) is 35.8 Å². The summed E-state index contributed by atoms with van der Waals surface area (Å²) in [6.45, 7) is 2.64. The molecule has 0 bridgehead atoms. The van der Waals surface area contributed by atoms with Crippen LogP contribution < -0.4 is 10.6 Å². The van der Waals surface area contributed by atoms with Gasteiger partial charge in [0.2, 0.25) is 0 Å². The molecule has 3 nitrogen and oxygen atoms in total. The second kappa shape index (κ2) is 6.84. The van der Waals surface area contributed by atoms with Gasteiger partial charge in [0.05, 0.1) is 0 Å². The van der Waals surface area contributed by atoms with Gasteiger partial charge in [0, 0.05) is 30.8 Å². The van der Waals surface area contributed by atoms with Gasteiger partial charge in [0.15, 0.2) is 0 Å². The topological polar surface area (TPSA) is 32.5 Å². The first-order valence-electron chi connectivity index (χ1n) is 5.89. The molecule has 0 atom stereocenters. The van der Waals surface area contributed by atoms with Crippen molar-refractivity contribution in [2.24, 2.45) is 5.73 Å². The first-order valence-corrected chi connectivity index (χ1v) is 6.26. The molecule has 0 aromatic heterocycles. The van der Waals surface area contributed by atoms with Crippen molar-refractivity contribution >= 4 is 17.3 Å². The summed E-state index contributed by atoms with van der Waals surface area (Å²) in [5.74, 6) is 0. The van der Waals surface area contributed by atoms with Crippen LogP contribution in [-0.2, 0) is 6.54 Å². The Bertz CT molecular complexity index is 353. The van der Waals surface area contributed by atoms with Crippen molar-refractivity contribution in [3.05, 3.63) is 28.8 Å². The maximum Gasteiger partial charge on any atom is 0.0426 e. The van der Waals surface area contributed by atoms with Gasteiger partial charge in [-0.25, -0.2) is 0 Å². The van der Waals surface area contributed by atoms with Crippen molar-refractivity contribution in [1.82, 2.24) is 4.90 Å². The summed E-state index contributed by atoms with van der Waals surface area (Å²) < 4.78 is 0. The predicted molar refractivity (Wildman–Crippen MR) is 75.8 cm³/mol. The molecule has 17 heavy (non-hydrogen) atoms. The van der Waals surface area contributed by atoms with E-state index in [0.29, 0.717) is 6.54 Å². The Morgan fingerprint density at radius 1 is 1.18 bits per heavy atom. The molecule has 1 rings (SSSR count). The van der Waals surface area contributed by atoms with E-state index in [2.05, 4.69) is 30.9 Å². The third kappa shape index (κ3) is 4.54. The summed E-state index contributed by atoms with van der Waals surface area (Å²) >= 11 is 6.03. The molecule has 0 saturated carbocycles. The summed E-state index contributed by atoms with van der Waals surface area (Å²) in [4.78, 5) is 4.41. The van der Waals surface area contributed by atoms with Crippen molar-refractivity contribution < 1.29 is 0 Å². The molecule has 0 spiro atoms. The van der Waals surface area contributed by atoms with Gasteiger partial charge >= 0.3 is 0 Å². The molecule has 1 aromatic carbocycles. The molecule has 4 heteroatoms. The highest BCUT2D eigenvalue weighted by atomic mass is 35.5. The van der Waals surface area contributed by atoms with Crippen molar-refractivity contribution in [3.8, 4) is 0 Å². The van der Waals surface area contributed by atoms with Crippen molar-refractivity contribution in [1.29, 1.82) is 0 Å². The van der Waals surface area contributed by atoms with Gasteiger partial charge in [-0.3, -0.25) is 0 Å². The van der Waals surface area contributed by atoms with Gasteiger partial charge in [-0.05, 0) is 44.8 Å². The van der Waals surface area contributed by atoms with Crippen LogP contribution in [0, 0.1) is 0 Å². The zero-order valence-corrected chi connectivity index (χ0v) is 11.7. The molecule has 0 aliphatic heterocycles. The smallest absolute Gasteiger partial charge is 0.0426 e. The molecular weight excluding hydrogens is 234 g/mol. The summed E-state index contributed by atoms with van der Waals surface area (Å²) in [6, 6.07) is 5.88. The van der Waals surface area contributed by atoms with Gasteiger partial charge in [0.1, 0.15) is 0 Å². The molecule has 0 aliphatic carbocycles. The Morgan fingerprint density at radius 3 is 2.47 bits per heavy atom. The molecule has 1 aromatic rings. The number of rotatable bonds is 6. The fourth-order valence-electron chi connectivity index (χ4n) is 1.81. The van der Waals surface area contributed by atoms with Gasteiger partial charge in [0.25, 0.3) is 0 Å². The van der Waals surface area contributed by atoms with Crippen LogP contribution in [0.25, 0.3) is 0 Å². The van der Waals surface area contributed by atoms with Crippen LogP contribution in [0.1, 0.15) is 12.0 Å². The maximum absolute atomic E-state index is 6.03. The fraction of sp³-hybridized carbons (Fsp3) is 0.538. The van der Waals surface area contributed by atoms with Crippen LogP contribution in [0.4, 0.5) is 5.69 Å². The normalized spacial score (nSPS) is 10.9. The van der Waals surface area contributed by atoms with E-state index in [-0.39, 0.29) is 0 Å². The zero-order valence-electron chi connectivity index (χ0n) is 10.9. The van der Waals surface area contributed by atoms with E-state index < -0.39 is 0 Å². The van der Waals surface area contributed by atoms with E-state index in [1.165, 1.54) is 0 Å². The molecule has 0 saturated heterocycles. The number of hydrogen-bond acceptors (Lipinski definition) is 3. The Morgan fingerprint density at radius 2 is 1.88 bits per heavy atom. The Labute approximate surface area is 109 Å². The molecule has 0 radical (unpaired) electrons. The lowest BCUT2D eigenvalue weighted by Gasteiger charge is -2.23. The predicted octanol–water partition coefficient (Wildman–Crippen LogP) is 2.19. The number of benzene rings is 1. The first kappa shape index (κ1) is 14.3. The van der Waals surface area contributed by atoms with E-state index in [1.54, 1.807) is 0 Å². The number of hydrogen-bond donors (Lipinski definition) is 1. The Hall–Kier alpha value is -0.770. The SMILES string of the molecule is CN(C)CCCN(C)c1cc(Cl)ccc1CN. The van der Waals surface area contributed by atoms with Crippen LogP contribution in [0.15, 0.2) is 18.2 Å². The fourth-order valence-corrected chi connectivity index (χ4v) is 1.98. The van der Waals surface area contributed by atoms with Gasteiger partial charge < -0.3 is 15.5 Å². The van der Waals surface area contributed by atoms with Crippen LogP contribution in [-0.4, -0.2) is 39.1 Å². The maximum atomic E-state index is 6.03. The highest BCUT2D eigenvalue weighted by Gasteiger charge is 2.07. The lowest BCUT2D eigenvalue weighted by atomic mass is 10.1. The van der Waals surface area contributed by atoms with Crippen molar-refractivity contribution in [2.75, 3.05) is 39.1 Å². The standard InChI is InChI=1S/C13H22ClN3/c1-16(2)7-4-8-17(3)13-9-12(14)6-5-11(13)10-15/h5-6,9H,4,7-8,10,15H2,1-3H3. The first-order chi connectivity index (χ1) is 8.04. The van der Waals surface area contributed by atoms with Gasteiger partial charge in [-0.15, -0.1) is 0 Å². The van der Waals surface area contributed by atoms with E-state index >= 15 is 0 Å². The van der Waals surface area contributed by atoms with Crippen LogP contribution in [0.3, 0.4) is 0 Å². The number of nitrogens with zero attached hydrogens (tertiary/aromatic N) is 2. The minimum absolute atomic E-state index is 0.546. The third-order valence-electron chi connectivity index (χ3n) is 2.78. The molecular formula is C13H22ClN3. The summed E-state index contributed by atoms with van der Waals surface area (Å²) in [7, 11) is 6.26. The Kier molecular flexibility index (Phi) is 5.75. The highest BCUT2D eigenvalue weighted by molar-refractivity contribution is 6.30.